The van der Waals surface area contributed by atoms with Crippen LogP contribution in [0.25, 0.3) is 0 Å². The van der Waals surface area contributed by atoms with Gasteiger partial charge in [-0.2, -0.15) is 0 Å². The SMILES string of the molecule is CCC1=C(/C=C\N(C)C)C=CC1C. The van der Waals surface area contributed by atoms with Crippen LogP contribution in [-0.4, -0.2) is 19.0 Å². The molecular formula is C12H19N. The predicted octanol–water partition coefficient (Wildman–Crippen LogP) is 2.97. The highest BCUT2D eigenvalue weighted by molar-refractivity contribution is 5.43. The average Bonchev–Trinajstić information content (AvgIpc) is 2.42. The minimum atomic E-state index is 0.631. The highest BCUT2D eigenvalue weighted by Crippen LogP contribution is 2.28. The van der Waals surface area contributed by atoms with E-state index in [0.29, 0.717) is 5.92 Å². The second-order valence-corrected chi connectivity index (χ2v) is 3.76. The lowest BCUT2D eigenvalue weighted by Gasteiger charge is -2.07. The molecule has 0 aliphatic heterocycles. The van der Waals surface area contributed by atoms with E-state index < -0.39 is 0 Å². The summed E-state index contributed by atoms with van der Waals surface area (Å²) in [5.41, 5.74) is 2.95. The lowest BCUT2D eigenvalue weighted by Crippen LogP contribution is -2.00. The summed E-state index contributed by atoms with van der Waals surface area (Å²) in [7, 11) is 4.09. The Balaban J connectivity index is 2.77. The van der Waals surface area contributed by atoms with E-state index in [9.17, 15) is 0 Å². The second-order valence-electron chi connectivity index (χ2n) is 3.76. The summed E-state index contributed by atoms with van der Waals surface area (Å²) in [4.78, 5) is 2.07. The fourth-order valence-corrected chi connectivity index (χ4v) is 1.65. The van der Waals surface area contributed by atoms with Crippen molar-refractivity contribution < 1.29 is 0 Å². The van der Waals surface area contributed by atoms with Gasteiger partial charge in [-0.3, -0.25) is 0 Å². The van der Waals surface area contributed by atoms with Gasteiger partial charge in [-0.1, -0.05) is 31.6 Å². The van der Waals surface area contributed by atoms with Gasteiger partial charge >= 0.3 is 0 Å². The average molecular weight is 177 g/mol. The Morgan fingerprint density at radius 2 is 2.15 bits per heavy atom. The first-order valence-corrected chi connectivity index (χ1v) is 4.91. The van der Waals surface area contributed by atoms with Gasteiger partial charge < -0.3 is 4.90 Å². The molecule has 1 nitrogen and oxygen atoms in total. The van der Waals surface area contributed by atoms with Crippen molar-refractivity contribution in [1.29, 1.82) is 0 Å². The van der Waals surface area contributed by atoms with Crippen LogP contribution in [0.1, 0.15) is 20.3 Å². The molecule has 0 heterocycles. The highest BCUT2D eigenvalue weighted by Gasteiger charge is 2.12. The third-order valence-corrected chi connectivity index (χ3v) is 2.42. The zero-order chi connectivity index (χ0) is 9.84. The first-order chi connectivity index (χ1) is 6.15. The Labute approximate surface area is 81.4 Å². The molecule has 0 bridgehead atoms. The lowest BCUT2D eigenvalue weighted by atomic mass is 10.00. The molecule has 1 aliphatic carbocycles. The largest absolute Gasteiger partial charge is 0.383 e. The maximum Gasteiger partial charge on any atom is 0.00556 e. The van der Waals surface area contributed by atoms with Gasteiger partial charge in [0.05, 0.1) is 0 Å². The van der Waals surface area contributed by atoms with Gasteiger partial charge in [-0.15, -0.1) is 0 Å². The summed E-state index contributed by atoms with van der Waals surface area (Å²) in [5.74, 6) is 0.631. The van der Waals surface area contributed by atoms with Crippen LogP contribution in [0.15, 0.2) is 35.6 Å². The van der Waals surface area contributed by atoms with Crippen LogP contribution in [0.4, 0.5) is 0 Å². The predicted molar refractivity (Wildman–Crippen MR) is 58.4 cm³/mol. The standard InChI is InChI=1S/C12H19N/c1-5-12-10(2)6-7-11(12)8-9-13(3)4/h6-10H,5H2,1-4H3/b9-8-. The fraction of sp³-hybridized carbons (Fsp3) is 0.500. The van der Waals surface area contributed by atoms with Gasteiger partial charge in [0.2, 0.25) is 0 Å². The van der Waals surface area contributed by atoms with Gasteiger partial charge in [0.25, 0.3) is 0 Å². The third kappa shape index (κ3) is 2.48. The van der Waals surface area contributed by atoms with Gasteiger partial charge in [0.1, 0.15) is 0 Å². The molecule has 0 fully saturated rings. The normalized spacial score (nSPS) is 22.0. The van der Waals surface area contributed by atoms with Crippen molar-refractivity contribution in [3.05, 3.63) is 35.6 Å². The Bertz CT molecular complexity index is 256. The molecule has 0 amide bonds. The Morgan fingerprint density at radius 1 is 1.46 bits per heavy atom. The van der Waals surface area contributed by atoms with E-state index in [2.05, 4.69) is 43.2 Å². The van der Waals surface area contributed by atoms with Crippen molar-refractivity contribution in [2.24, 2.45) is 5.92 Å². The molecule has 0 aromatic carbocycles. The summed E-state index contributed by atoms with van der Waals surface area (Å²) in [6.07, 6.45) is 9.95. The number of nitrogens with zero attached hydrogens (tertiary/aromatic N) is 1. The first-order valence-electron chi connectivity index (χ1n) is 4.91. The first kappa shape index (κ1) is 10.1. The number of hydrogen-bond donors (Lipinski definition) is 0. The Kier molecular flexibility index (Phi) is 3.35. The smallest absolute Gasteiger partial charge is 0.00556 e. The molecule has 1 rings (SSSR count). The van der Waals surface area contributed by atoms with E-state index in [1.807, 2.05) is 14.1 Å². The van der Waals surface area contributed by atoms with E-state index in [1.54, 1.807) is 5.57 Å². The minimum absolute atomic E-state index is 0.631. The molecule has 0 radical (unpaired) electrons. The lowest BCUT2D eigenvalue weighted by molar-refractivity contribution is 0.563. The molecule has 72 valence electrons. The highest BCUT2D eigenvalue weighted by atomic mass is 15.0. The van der Waals surface area contributed by atoms with Crippen LogP contribution in [-0.2, 0) is 0 Å². The van der Waals surface area contributed by atoms with Crippen molar-refractivity contribution >= 4 is 0 Å². The van der Waals surface area contributed by atoms with Gasteiger partial charge in [0, 0.05) is 14.1 Å². The van der Waals surface area contributed by atoms with Crippen LogP contribution >= 0.6 is 0 Å². The summed E-state index contributed by atoms with van der Waals surface area (Å²) in [6.45, 7) is 4.48. The van der Waals surface area contributed by atoms with E-state index >= 15 is 0 Å². The Hall–Kier alpha value is -0.980. The van der Waals surface area contributed by atoms with Gasteiger partial charge in [-0.05, 0) is 30.2 Å². The zero-order valence-corrected chi connectivity index (χ0v) is 9.04. The van der Waals surface area contributed by atoms with Crippen LogP contribution in [0.5, 0.6) is 0 Å². The molecule has 1 aliphatic rings. The van der Waals surface area contributed by atoms with Crippen LogP contribution in [0.3, 0.4) is 0 Å². The van der Waals surface area contributed by atoms with E-state index in [0.717, 1.165) is 6.42 Å². The van der Waals surface area contributed by atoms with Crippen LogP contribution in [0.2, 0.25) is 0 Å². The number of allylic oxidation sites excluding steroid dienone is 5. The fourth-order valence-electron chi connectivity index (χ4n) is 1.65. The van der Waals surface area contributed by atoms with Crippen molar-refractivity contribution in [1.82, 2.24) is 4.90 Å². The Morgan fingerprint density at radius 3 is 2.69 bits per heavy atom. The summed E-state index contributed by atoms with van der Waals surface area (Å²) >= 11 is 0. The number of hydrogen-bond acceptors (Lipinski definition) is 1. The maximum absolute atomic E-state index is 2.27. The molecule has 0 aromatic heterocycles. The monoisotopic (exact) mass is 177 g/mol. The molecule has 0 N–H and O–H groups in total. The van der Waals surface area contributed by atoms with Gasteiger partial charge in [0.15, 0.2) is 0 Å². The summed E-state index contributed by atoms with van der Waals surface area (Å²) in [6, 6.07) is 0. The van der Waals surface area contributed by atoms with Gasteiger partial charge in [-0.25, -0.2) is 0 Å². The zero-order valence-electron chi connectivity index (χ0n) is 9.04. The topological polar surface area (TPSA) is 3.24 Å². The second kappa shape index (κ2) is 4.31. The molecule has 1 heteroatoms. The summed E-state index contributed by atoms with van der Waals surface area (Å²) in [5, 5.41) is 0. The molecule has 1 atom stereocenters. The summed E-state index contributed by atoms with van der Waals surface area (Å²) < 4.78 is 0. The molecule has 13 heavy (non-hydrogen) atoms. The molecule has 0 spiro atoms. The quantitative estimate of drug-likeness (QED) is 0.640. The maximum atomic E-state index is 2.27. The third-order valence-electron chi connectivity index (χ3n) is 2.42. The molecule has 0 saturated carbocycles. The molecule has 1 unspecified atom stereocenters. The van der Waals surface area contributed by atoms with E-state index in [-0.39, 0.29) is 0 Å². The van der Waals surface area contributed by atoms with E-state index in [4.69, 9.17) is 0 Å². The molecule has 0 saturated heterocycles. The van der Waals surface area contributed by atoms with Crippen molar-refractivity contribution in [2.75, 3.05) is 14.1 Å². The molecule has 0 aromatic rings. The van der Waals surface area contributed by atoms with Crippen LogP contribution < -0.4 is 0 Å². The number of rotatable bonds is 3. The van der Waals surface area contributed by atoms with E-state index in [1.165, 1.54) is 5.57 Å². The van der Waals surface area contributed by atoms with Crippen molar-refractivity contribution in [3.63, 3.8) is 0 Å². The molecular weight excluding hydrogens is 158 g/mol. The minimum Gasteiger partial charge on any atom is -0.383 e. The van der Waals surface area contributed by atoms with Crippen molar-refractivity contribution in [2.45, 2.75) is 20.3 Å². The van der Waals surface area contributed by atoms with Crippen molar-refractivity contribution in [3.8, 4) is 0 Å². The van der Waals surface area contributed by atoms with Crippen LogP contribution in [0, 0.1) is 5.92 Å².